The van der Waals surface area contributed by atoms with Gasteiger partial charge >= 0.3 is 0 Å². The van der Waals surface area contributed by atoms with E-state index in [1.807, 2.05) is 24.3 Å². The Kier molecular flexibility index (Phi) is 2.30. The van der Waals surface area contributed by atoms with Crippen molar-refractivity contribution in [2.45, 2.75) is 0 Å². The van der Waals surface area contributed by atoms with Crippen LogP contribution in [0.25, 0.3) is 26.4 Å². The first kappa shape index (κ1) is 11.0. The molecule has 0 radical (unpaired) electrons. The summed E-state index contributed by atoms with van der Waals surface area (Å²) in [5.74, 6) is 0. The maximum Gasteiger partial charge on any atom is 0.269 e. The van der Waals surface area contributed by atoms with Gasteiger partial charge in [0.05, 0.1) is 22.2 Å². The zero-order chi connectivity index (χ0) is 15.3. The molecule has 0 saturated carbocycles. The number of rotatable bonds is 2. The number of imidazole rings is 1. The van der Waals surface area contributed by atoms with Gasteiger partial charge in [-0.3, -0.25) is 14.5 Å². The van der Waals surface area contributed by atoms with Crippen LogP contribution in [0.5, 0.6) is 0 Å². The van der Waals surface area contributed by atoms with Crippen molar-refractivity contribution in [1.82, 2.24) is 9.38 Å². The molecule has 102 valence electrons. The average molecular weight is 297 g/mol. The molecule has 0 aliphatic heterocycles. The van der Waals surface area contributed by atoms with E-state index in [0.29, 0.717) is 17.4 Å². The van der Waals surface area contributed by atoms with Gasteiger partial charge in [-0.05, 0) is 24.3 Å². The second-order valence-corrected chi connectivity index (χ2v) is 5.57. The van der Waals surface area contributed by atoms with Crippen LogP contribution in [0.15, 0.2) is 54.7 Å². The van der Waals surface area contributed by atoms with E-state index in [4.69, 9.17) is 1.37 Å². The molecule has 0 saturated heterocycles. The summed E-state index contributed by atoms with van der Waals surface area (Å²) in [5, 5.41) is 10.7. The van der Waals surface area contributed by atoms with E-state index >= 15 is 0 Å². The van der Waals surface area contributed by atoms with E-state index < -0.39 is 4.92 Å². The molecule has 0 fully saturated rings. The molecule has 6 heteroatoms. The summed E-state index contributed by atoms with van der Waals surface area (Å²) in [5.41, 5.74) is 2.22. The van der Waals surface area contributed by atoms with E-state index in [-0.39, 0.29) is 5.69 Å². The Labute approximate surface area is 124 Å². The largest absolute Gasteiger partial charge is 0.290 e. The smallest absolute Gasteiger partial charge is 0.269 e. The van der Waals surface area contributed by atoms with Crippen LogP contribution in [-0.2, 0) is 0 Å². The predicted octanol–water partition coefficient (Wildman–Crippen LogP) is 4.12. The number of aromatic nitrogens is 2. The van der Waals surface area contributed by atoms with Gasteiger partial charge in [0.1, 0.15) is 0 Å². The Morgan fingerprint density at radius 2 is 1.95 bits per heavy atom. The first-order valence-corrected chi connectivity index (χ1v) is 7.08. The predicted molar refractivity (Wildman–Crippen MR) is 82.7 cm³/mol. The molecular weight excluding hydrogens is 286 g/mol. The molecule has 0 N–H and O–H groups in total. The highest BCUT2D eigenvalue weighted by Crippen LogP contribution is 2.29. The second-order valence-electron chi connectivity index (χ2n) is 4.56. The second kappa shape index (κ2) is 4.39. The van der Waals surface area contributed by atoms with Gasteiger partial charge in [0.25, 0.3) is 5.69 Å². The third-order valence-corrected chi connectivity index (χ3v) is 4.30. The third kappa shape index (κ3) is 1.88. The van der Waals surface area contributed by atoms with Crippen LogP contribution in [0.3, 0.4) is 0 Å². The van der Waals surface area contributed by atoms with E-state index in [1.165, 1.54) is 23.5 Å². The molecule has 0 spiro atoms. The van der Waals surface area contributed by atoms with Crippen molar-refractivity contribution in [1.29, 1.82) is 0 Å². The molecule has 0 aliphatic carbocycles. The molecule has 0 atom stereocenters. The highest BCUT2D eigenvalue weighted by molar-refractivity contribution is 7.23. The van der Waals surface area contributed by atoms with Crippen molar-refractivity contribution in [3.63, 3.8) is 0 Å². The van der Waals surface area contributed by atoms with Crippen LogP contribution in [0.2, 0.25) is 0 Å². The fourth-order valence-electron chi connectivity index (χ4n) is 2.25. The van der Waals surface area contributed by atoms with Crippen molar-refractivity contribution < 1.29 is 6.29 Å². The summed E-state index contributed by atoms with van der Waals surface area (Å²) in [6, 6.07) is 14.0. The number of para-hydroxylation sites is 1. The lowest BCUT2D eigenvalue weighted by Crippen LogP contribution is -1.87. The molecule has 21 heavy (non-hydrogen) atoms. The minimum absolute atomic E-state index is 0.0294. The summed E-state index contributed by atoms with van der Waals surface area (Å²) in [4.78, 5) is 15.5. The summed E-state index contributed by atoms with van der Waals surface area (Å²) in [7, 11) is 0. The number of nitro groups is 1. The van der Waals surface area contributed by atoms with Gasteiger partial charge in [0.15, 0.2) is 4.96 Å². The van der Waals surface area contributed by atoms with E-state index in [0.717, 1.165) is 15.2 Å². The molecule has 0 aliphatic rings. The van der Waals surface area contributed by atoms with Gasteiger partial charge < -0.3 is 0 Å². The maximum atomic E-state index is 10.7. The molecule has 2 aromatic carbocycles. The number of benzene rings is 2. The van der Waals surface area contributed by atoms with Crippen molar-refractivity contribution in [3.05, 3.63) is 64.8 Å². The van der Waals surface area contributed by atoms with Crippen LogP contribution >= 0.6 is 11.3 Å². The van der Waals surface area contributed by atoms with Crippen molar-refractivity contribution >= 4 is 32.2 Å². The number of nitrogens with zero attached hydrogens (tertiary/aromatic N) is 3. The van der Waals surface area contributed by atoms with Gasteiger partial charge in [-0.15, -0.1) is 0 Å². The number of non-ortho nitro benzene ring substituents is 1. The Bertz CT molecular complexity index is 1020. The summed E-state index contributed by atoms with van der Waals surface area (Å²) in [6.07, 6.45) is 0.293. The first-order valence-electron chi connectivity index (χ1n) is 6.76. The minimum atomic E-state index is -0.440. The number of fused-ring (bicyclic) bond motifs is 3. The Balaban J connectivity index is 1.92. The average Bonchev–Trinajstić information content (AvgIpc) is 3.04. The summed E-state index contributed by atoms with van der Waals surface area (Å²) < 4.78 is 11.2. The van der Waals surface area contributed by atoms with Gasteiger partial charge in [-0.1, -0.05) is 23.5 Å². The van der Waals surface area contributed by atoms with Crippen LogP contribution in [0.1, 0.15) is 1.37 Å². The van der Waals surface area contributed by atoms with Crippen molar-refractivity contribution in [2.24, 2.45) is 0 Å². The monoisotopic (exact) mass is 297 g/mol. The van der Waals surface area contributed by atoms with Crippen LogP contribution in [0.4, 0.5) is 5.69 Å². The fourth-order valence-corrected chi connectivity index (χ4v) is 3.23. The molecule has 2 aromatic heterocycles. The quantitative estimate of drug-likeness (QED) is 0.413. The highest BCUT2D eigenvalue weighted by Gasteiger charge is 2.11. The molecule has 5 nitrogen and oxygen atoms in total. The molecule has 0 bridgehead atoms. The molecule has 4 rings (SSSR count). The third-order valence-electron chi connectivity index (χ3n) is 3.28. The lowest BCUT2D eigenvalue weighted by atomic mass is 10.1. The zero-order valence-electron chi connectivity index (χ0n) is 11.7. The molecule has 0 amide bonds. The van der Waals surface area contributed by atoms with Crippen molar-refractivity contribution in [3.8, 4) is 11.3 Å². The molecular formula is C15H9N3O2S. The minimum Gasteiger partial charge on any atom is -0.290 e. The maximum absolute atomic E-state index is 10.7. The van der Waals surface area contributed by atoms with Crippen LogP contribution in [-0.4, -0.2) is 14.3 Å². The lowest BCUT2D eigenvalue weighted by Gasteiger charge is -1.96. The van der Waals surface area contributed by atoms with Crippen LogP contribution < -0.4 is 0 Å². The Hall–Kier alpha value is -2.73. The van der Waals surface area contributed by atoms with Gasteiger partial charge in [-0.2, -0.15) is 0 Å². The molecule has 4 aromatic rings. The molecule has 2 heterocycles. The summed E-state index contributed by atoms with van der Waals surface area (Å²) >= 11 is 1.52. The topological polar surface area (TPSA) is 60.4 Å². The highest BCUT2D eigenvalue weighted by atomic mass is 32.1. The van der Waals surface area contributed by atoms with Crippen molar-refractivity contribution in [2.75, 3.05) is 0 Å². The van der Waals surface area contributed by atoms with Crippen LogP contribution in [0, 0.1) is 10.1 Å². The Morgan fingerprint density at radius 1 is 1.19 bits per heavy atom. The summed E-state index contributed by atoms with van der Waals surface area (Å²) in [6.45, 7) is 0. The number of nitro benzene ring substituents is 1. The molecule has 0 unspecified atom stereocenters. The van der Waals surface area contributed by atoms with Gasteiger partial charge in [-0.25, -0.2) is 4.98 Å². The standard InChI is InChI=1S/C15H9N3O2S/c19-18(20)11-7-5-10(6-8-11)12-9-17-13-3-1-2-4-14(13)21-15(17)16-12/h1-9H/i9T. The zero-order valence-corrected chi connectivity index (χ0v) is 11.5. The van der Waals surface area contributed by atoms with Gasteiger partial charge in [0, 0.05) is 23.9 Å². The normalized spacial score (nSPS) is 11.9. The SMILES string of the molecule is [3H]c1c(-c2ccc([N+](=O)[O-])cc2)nc2sc3ccccc3n12. The van der Waals surface area contributed by atoms with E-state index in [1.54, 1.807) is 16.5 Å². The Morgan fingerprint density at radius 3 is 2.71 bits per heavy atom. The first-order chi connectivity index (χ1) is 10.6. The van der Waals surface area contributed by atoms with Gasteiger partial charge in [0.2, 0.25) is 0 Å². The lowest BCUT2D eigenvalue weighted by molar-refractivity contribution is -0.384. The number of thiazole rings is 1. The number of hydrogen-bond acceptors (Lipinski definition) is 4. The fraction of sp³-hybridized carbons (Fsp3) is 0. The van der Waals surface area contributed by atoms with E-state index in [2.05, 4.69) is 4.98 Å². The van der Waals surface area contributed by atoms with E-state index in [9.17, 15) is 10.1 Å². The number of hydrogen-bond donors (Lipinski definition) is 0.